The molecule has 0 saturated carbocycles. The van der Waals surface area contributed by atoms with E-state index in [0.29, 0.717) is 142 Å². The number of aromatic nitrogens is 4. The number of imidazole rings is 1. The maximum absolute atomic E-state index is 14.2. The molecule has 9 amide bonds. The van der Waals surface area contributed by atoms with Gasteiger partial charge in [0.15, 0.2) is 34.8 Å². The minimum atomic E-state index is -4.53. The number of anilines is 1. The van der Waals surface area contributed by atoms with E-state index in [1.165, 1.54) is 34.1 Å². The van der Waals surface area contributed by atoms with Crippen LogP contribution in [0.25, 0.3) is 22.0 Å². The Hall–Kier alpha value is -11.4. The number of hydrogen-bond acceptors (Lipinski definition) is 28. The molecule has 7 N–H and O–H groups in total. The molecule has 0 radical (unpaired) electrons. The Morgan fingerprint density at radius 1 is 0.609 bits per heavy atom. The Bertz CT molecular complexity index is 5260. The van der Waals surface area contributed by atoms with Crippen molar-refractivity contribution in [3.8, 4) is 16.9 Å². The van der Waals surface area contributed by atoms with E-state index in [2.05, 4.69) is 43.5 Å². The largest absolute Gasteiger partial charge is 0.493 e. The lowest BCUT2D eigenvalue weighted by molar-refractivity contribution is -0.142. The first-order valence-electron chi connectivity index (χ1n) is 44.0. The smallest absolute Gasteiger partial charge is 0.278 e. The van der Waals surface area contributed by atoms with Crippen LogP contribution in [0.15, 0.2) is 97.5 Å². The Kier molecular flexibility index (Phi) is 41.9. The van der Waals surface area contributed by atoms with Crippen molar-refractivity contribution in [3.05, 3.63) is 137 Å². The number of methoxy groups -OCH3 is 1. The van der Waals surface area contributed by atoms with Crippen molar-refractivity contribution in [2.75, 3.05) is 157 Å². The summed E-state index contributed by atoms with van der Waals surface area (Å²) in [5, 5.41) is 14.1. The van der Waals surface area contributed by atoms with Gasteiger partial charge in [-0.15, -0.1) is 0 Å². The fourth-order valence-electron chi connectivity index (χ4n) is 15.0. The molecule has 3 aromatic carbocycles. The number of carbonyl (C=O) groups excluding carboxylic acids is 15. The molecule has 3 aromatic heterocycles. The zero-order valence-corrected chi connectivity index (χ0v) is 77.7. The Morgan fingerprint density at radius 3 is 1.83 bits per heavy atom. The summed E-state index contributed by atoms with van der Waals surface area (Å²) < 4.78 is 88.9. The number of thioether (sulfide) groups is 1. The molecule has 0 bridgehead atoms. The SMILES string of the molecule is C=C1C[C@H]2C(S(=O)(=O)O)Cc3cc(OCCCC(=O)Nc4cn(C)c(C(=O)Cc5ccc(-c6cc(C(=O)n7ccc8cc(CC(=O)[C@H](C)NC(=O)[C@H](C)NC(=O)CC[C@H](CC(=O)CN9C(=O)CC(SC)C9=O)C(=O)NCC(=O)CCC(=O)NCC(=O)CCC(=O)NCCOCCOCCOCCOCCOCCOCCOCCOC)ccc87)n(C)c6)cc5)n4)c(C)cc3C(=O)N2C1. The molecule has 6 heterocycles. The van der Waals surface area contributed by atoms with Crippen LogP contribution in [0.4, 0.5) is 5.82 Å². The van der Waals surface area contributed by atoms with Crippen LogP contribution in [0.5, 0.6) is 5.75 Å². The van der Waals surface area contributed by atoms with Gasteiger partial charge in [0.2, 0.25) is 53.0 Å². The number of ether oxygens (including phenoxy) is 9. The lowest BCUT2D eigenvalue weighted by atomic mass is 9.95. The quantitative estimate of drug-likeness (QED) is 0.00934. The fourth-order valence-corrected chi connectivity index (χ4v) is 16.7. The van der Waals surface area contributed by atoms with Gasteiger partial charge in [-0.05, 0) is 117 Å². The highest BCUT2D eigenvalue weighted by atomic mass is 32.2. The highest BCUT2D eigenvalue weighted by Crippen LogP contribution is 2.37. The van der Waals surface area contributed by atoms with Crippen LogP contribution < -0.4 is 36.6 Å². The van der Waals surface area contributed by atoms with E-state index < -0.39 is 136 Å². The molecule has 0 aliphatic carbocycles. The highest BCUT2D eigenvalue weighted by Gasteiger charge is 2.46. The third-order valence-corrected chi connectivity index (χ3v) is 24.5. The van der Waals surface area contributed by atoms with Crippen LogP contribution in [0, 0.1) is 12.8 Å². The van der Waals surface area contributed by atoms with Gasteiger partial charge < -0.3 is 88.6 Å². The molecule has 133 heavy (non-hydrogen) atoms. The molecule has 3 aliphatic heterocycles. The summed E-state index contributed by atoms with van der Waals surface area (Å²) in [6.45, 7) is 13.6. The summed E-state index contributed by atoms with van der Waals surface area (Å²) in [5.74, 6) is -8.54. The van der Waals surface area contributed by atoms with Crippen molar-refractivity contribution >= 4 is 127 Å². The maximum Gasteiger partial charge on any atom is 0.278 e. The van der Waals surface area contributed by atoms with Crippen molar-refractivity contribution in [2.45, 2.75) is 139 Å². The molecule has 2 fully saturated rings. The van der Waals surface area contributed by atoms with Gasteiger partial charge in [0, 0.05) is 140 Å². The van der Waals surface area contributed by atoms with Crippen molar-refractivity contribution in [1.82, 2.24) is 55.1 Å². The first-order valence-corrected chi connectivity index (χ1v) is 46.8. The summed E-state index contributed by atoms with van der Waals surface area (Å²) in [4.78, 5) is 205. The van der Waals surface area contributed by atoms with Crippen LogP contribution in [0.3, 0.4) is 0 Å². The Labute approximate surface area is 775 Å². The highest BCUT2D eigenvalue weighted by molar-refractivity contribution is 8.00. The predicted molar refractivity (Wildman–Crippen MR) is 486 cm³/mol. The van der Waals surface area contributed by atoms with Crippen LogP contribution in [0.2, 0.25) is 0 Å². The molecule has 39 nitrogen and oxygen atoms in total. The second-order valence-electron chi connectivity index (χ2n) is 32.5. The lowest BCUT2D eigenvalue weighted by Gasteiger charge is -2.26. The number of nitrogens with one attached hydrogen (secondary N) is 6. The monoisotopic (exact) mass is 1890 g/mol. The predicted octanol–water partition coefficient (Wildman–Crippen LogP) is 3.96. The Balaban J connectivity index is 0.641. The number of benzene rings is 3. The van der Waals surface area contributed by atoms with E-state index in [4.69, 9.17) is 42.6 Å². The van der Waals surface area contributed by atoms with Gasteiger partial charge in [0.05, 0.1) is 148 Å². The van der Waals surface area contributed by atoms with Gasteiger partial charge in [0.1, 0.15) is 22.7 Å². The molecule has 41 heteroatoms. The lowest BCUT2D eigenvalue weighted by Crippen LogP contribution is -2.49. The van der Waals surface area contributed by atoms with E-state index in [9.17, 15) is 84.9 Å². The standard InChI is InChI=1S/C92H120N12O27S2/c1-58-42-74-80(133(120,121)122)50-67-49-78(59(2)43-72(67)90(117)103(74)54-58)131-26-9-10-84(112)98-81-57-101(6)87(99-81)77(109)45-62-11-14-64(15-12-62)68-48-75(100(5)55-68)91(118)102-25-23-65-44-63(13-19-73(65)102)46-76(108)60(3)97-88(115)61(4)96-85(113)20-16-66(47-71(107)56-104-86(114)51-79(132-8)92(104)119)89(116)95-53-70(106)18-22-83(111)94-52-69(105)17-21-82(110)93-24-27-124-30-31-126-34-35-128-38-39-130-41-40-129-37-36-127-33-32-125-29-28-123-7/h11-15,19,23,25,43-44,48-49,55,57,60-61,66,74,79-80H,1,9-10,16-18,20-22,24,26-42,45-47,50-54,56H2,2-8H3,(H,93,110)(H,94,111)(H,95,116)(H,96,113)(H,97,115)(H,98,112)(H,120,121,122)/t60-,61-,66+,74-,79?,80?/m0/s1. The second-order valence-corrected chi connectivity index (χ2v) is 35.2. The number of rotatable bonds is 61. The number of Topliss-reactive ketones (excluding diaryl/α,β-unsaturated/α-hetero) is 5. The van der Waals surface area contributed by atoms with Gasteiger partial charge in [-0.3, -0.25) is 85.9 Å². The number of aryl methyl sites for hydroxylation is 3. The van der Waals surface area contributed by atoms with Crippen molar-refractivity contribution in [3.63, 3.8) is 0 Å². The number of amides is 9. The normalized spacial score (nSPS) is 15.5. The van der Waals surface area contributed by atoms with Crippen molar-refractivity contribution in [2.24, 2.45) is 20.0 Å². The summed E-state index contributed by atoms with van der Waals surface area (Å²) in [7, 11) is 0.464. The minimum absolute atomic E-state index is 0.0129. The molecule has 9 rings (SSSR count). The van der Waals surface area contributed by atoms with Crippen molar-refractivity contribution < 1.29 is 128 Å². The van der Waals surface area contributed by atoms with E-state index in [-0.39, 0.29) is 151 Å². The average Bonchev–Trinajstić information content (AvgIpc) is 1.61. The van der Waals surface area contributed by atoms with E-state index in [1.54, 1.807) is 106 Å². The van der Waals surface area contributed by atoms with Gasteiger partial charge >= 0.3 is 0 Å². The topological polar surface area (TPSA) is 500 Å². The number of nitrogens with zero attached hydrogens (tertiary/aromatic N) is 6. The average molecular weight is 1890 g/mol. The number of imide groups is 1. The summed E-state index contributed by atoms with van der Waals surface area (Å²) in [6.07, 6.45) is 4.52. The number of likely N-dealkylation sites (tertiary alicyclic amines) is 1. The van der Waals surface area contributed by atoms with Crippen LogP contribution in [-0.4, -0.2) is 310 Å². The van der Waals surface area contributed by atoms with Gasteiger partial charge in [-0.1, -0.05) is 42.5 Å². The third-order valence-electron chi connectivity index (χ3n) is 22.3. The third kappa shape index (κ3) is 33.0. The molecule has 3 aliphatic rings. The zero-order chi connectivity index (χ0) is 96.3. The number of hydrogen-bond donors (Lipinski definition) is 7. The maximum atomic E-state index is 14.2. The van der Waals surface area contributed by atoms with Gasteiger partial charge in [-0.2, -0.15) is 20.2 Å². The van der Waals surface area contributed by atoms with E-state index >= 15 is 0 Å². The number of carbonyl (C=O) groups is 15. The first-order chi connectivity index (χ1) is 63.7. The Morgan fingerprint density at radius 2 is 1.22 bits per heavy atom. The van der Waals surface area contributed by atoms with Crippen LogP contribution in [0.1, 0.15) is 138 Å². The molecule has 6 atom stereocenters. The summed E-state index contributed by atoms with van der Waals surface area (Å²) in [6, 6.07) is 16.2. The molecule has 6 aromatic rings. The van der Waals surface area contributed by atoms with Crippen LogP contribution >= 0.6 is 11.8 Å². The fraction of sp³-hybridized carbons (Fsp3) is 0.522. The van der Waals surface area contributed by atoms with Gasteiger partial charge in [-0.25, -0.2) is 4.98 Å². The van der Waals surface area contributed by atoms with Gasteiger partial charge in [0.25, 0.3) is 21.9 Å². The number of fused-ring (bicyclic) bond motifs is 3. The molecular weight excluding hydrogens is 1770 g/mol. The summed E-state index contributed by atoms with van der Waals surface area (Å²) >= 11 is 1.15. The molecular formula is C92H120N12O27S2. The first kappa shape index (κ1) is 105. The second kappa shape index (κ2) is 52.9. The minimum Gasteiger partial charge on any atom is -0.493 e. The number of ketones is 5. The zero-order valence-electron chi connectivity index (χ0n) is 76.1. The molecule has 0 spiro atoms. The molecule has 722 valence electrons. The van der Waals surface area contributed by atoms with E-state index in [1.807, 2.05) is 12.1 Å². The summed E-state index contributed by atoms with van der Waals surface area (Å²) in [5.41, 5.74) is 5.76. The van der Waals surface area contributed by atoms with Crippen LogP contribution in [-0.2, 0) is 139 Å². The van der Waals surface area contributed by atoms with Crippen molar-refractivity contribution in [1.29, 1.82) is 0 Å². The molecule has 2 unspecified atom stereocenters. The van der Waals surface area contributed by atoms with E-state index in [0.717, 1.165) is 27.8 Å². The molecule has 2 saturated heterocycles.